The molecule has 0 radical (unpaired) electrons. The normalized spacial score (nSPS) is 12.6. The van der Waals surface area contributed by atoms with Crippen LogP contribution in [0.1, 0.15) is 76.8 Å². The minimum atomic E-state index is -0.105. The molecule has 3 heteroatoms. The molecule has 0 fully saturated rings. The molecule has 120 valence electrons. The lowest BCUT2D eigenvalue weighted by Crippen LogP contribution is -2.22. The summed E-state index contributed by atoms with van der Waals surface area (Å²) >= 11 is 3.44. The van der Waals surface area contributed by atoms with Crippen molar-refractivity contribution in [2.24, 2.45) is 0 Å². The Morgan fingerprint density at radius 2 is 1.71 bits per heavy atom. The highest BCUT2D eigenvalue weighted by atomic mass is 79.9. The number of nitrogens with one attached hydrogen (secondary N) is 1. The van der Waals surface area contributed by atoms with Gasteiger partial charge < -0.3 is 5.32 Å². The lowest BCUT2D eigenvalue weighted by Gasteiger charge is -2.19. The minimum Gasteiger partial charge on any atom is -0.310 e. The molecular weight excluding hydrogens is 329 g/mol. The summed E-state index contributed by atoms with van der Waals surface area (Å²) in [5.74, 6) is -0.105. The molecule has 0 saturated heterocycles. The van der Waals surface area contributed by atoms with Crippen molar-refractivity contribution in [1.82, 2.24) is 5.32 Å². The van der Waals surface area contributed by atoms with Crippen LogP contribution in [0.4, 0.5) is 4.39 Å². The molecule has 1 aromatic carbocycles. The average Bonchev–Trinajstić information content (AvgIpc) is 2.48. The fourth-order valence-electron chi connectivity index (χ4n) is 2.70. The first-order valence-electron chi connectivity index (χ1n) is 8.37. The van der Waals surface area contributed by atoms with E-state index in [4.69, 9.17) is 0 Å². The Morgan fingerprint density at radius 1 is 1.05 bits per heavy atom. The fourth-order valence-corrected chi connectivity index (χ4v) is 3.08. The van der Waals surface area contributed by atoms with E-state index in [1.54, 1.807) is 12.1 Å². The van der Waals surface area contributed by atoms with Crippen LogP contribution in [0, 0.1) is 5.82 Å². The minimum absolute atomic E-state index is 0.105. The quantitative estimate of drug-likeness (QED) is 0.453. The summed E-state index contributed by atoms with van der Waals surface area (Å²) in [5.41, 5.74) is 0.789. The van der Waals surface area contributed by atoms with Crippen molar-refractivity contribution in [2.45, 2.75) is 71.3 Å². The van der Waals surface area contributed by atoms with E-state index in [0.29, 0.717) is 0 Å². The predicted molar refractivity (Wildman–Crippen MR) is 93.1 cm³/mol. The van der Waals surface area contributed by atoms with Crippen LogP contribution < -0.4 is 5.32 Å². The van der Waals surface area contributed by atoms with E-state index in [2.05, 4.69) is 35.1 Å². The molecule has 1 unspecified atom stereocenters. The standard InChI is InChI=1S/C18H29BrFN/c1-3-5-6-7-8-9-10-11-18(21-4-2)16-14-15(19)12-13-17(16)20/h12-14,18,21H,3-11H2,1-2H3. The number of unbranched alkanes of at least 4 members (excludes halogenated alkanes) is 6. The zero-order valence-corrected chi connectivity index (χ0v) is 15.0. The molecule has 1 N–H and O–H groups in total. The molecule has 1 aromatic rings. The number of hydrogen-bond acceptors (Lipinski definition) is 1. The van der Waals surface area contributed by atoms with Gasteiger partial charge in [-0.15, -0.1) is 0 Å². The van der Waals surface area contributed by atoms with Gasteiger partial charge in [0.2, 0.25) is 0 Å². The molecule has 21 heavy (non-hydrogen) atoms. The SMILES string of the molecule is CCCCCCCCCC(NCC)c1cc(Br)ccc1F. The first-order chi connectivity index (χ1) is 10.2. The van der Waals surface area contributed by atoms with Gasteiger partial charge in [0.15, 0.2) is 0 Å². The third-order valence-electron chi connectivity index (χ3n) is 3.88. The van der Waals surface area contributed by atoms with Gasteiger partial charge in [0.1, 0.15) is 5.82 Å². The largest absolute Gasteiger partial charge is 0.310 e. The van der Waals surface area contributed by atoms with E-state index in [1.807, 2.05) is 6.07 Å². The van der Waals surface area contributed by atoms with Crippen LogP contribution in [-0.2, 0) is 0 Å². The molecule has 0 aliphatic heterocycles. The van der Waals surface area contributed by atoms with Gasteiger partial charge in [0.05, 0.1) is 0 Å². The fraction of sp³-hybridized carbons (Fsp3) is 0.667. The van der Waals surface area contributed by atoms with Crippen LogP contribution in [0.15, 0.2) is 22.7 Å². The third-order valence-corrected chi connectivity index (χ3v) is 4.37. The molecule has 1 rings (SSSR count). The first-order valence-corrected chi connectivity index (χ1v) is 9.16. The summed E-state index contributed by atoms with van der Waals surface area (Å²) in [4.78, 5) is 0. The number of benzene rings is 1. The Balaban J connectivity index is 2.41. The van der Waals surface area contributed by atoms with E-state index < -0.39 is 0 Å². The molecule has 0 heterocycles. The van der Waals surface area contributed by atoms with Gasteiger partial charge >= 0.3 is 0 Å². The van der Waals surface area contributed by atoms with Crippen LogP contribution in [0.5, 0.6) is 0 Å². The maximum atomic E-state index is 14.0. The van der Waals surface area contributed by atoms with Gasteiger partial charge in [0, 0.05) is 16.1 Å². The molecule has 0 aliphatic carbocycles. The van der Waals surface area contributed by atoms with E-state index in [-0.39, 0.29) is 11.9 Å². The Bertz CT molecular complexity index is 395. The topological polar surface area (TPSA) is 12.0 Å². The van der Waals surface area contributed by atoms with Gasteiger partial charge in [-0.3, -0.25) is 0 Å². The van der Waals surface area contributed by atoms with Crippen molar-refractivity contribution in [3.05, 3.63) is 34.1 Å². The highest BCUT2D eigenvalue weighted by molar-refractivity contribution is 9.10. The van der Waals surface area contributed by atoms with Crippen LogP contribution in [0.25, 0.3) is 0 Å². The smallest absolute Gasteiger partial charge is 0.128 e. The zero-order chi connectivity index (χ0) is 15.5. The summed E-state index contributed by atoms with van der Waals surface area (Å²) < 4.78 is 14.9. The van der Waals surface area contributed by atoms with Crippen molar-refractivity contribution in [2.75, 3.05) is 6.54 Å². The van der Waals surface area contributed by atoms with Crippen molar-refractivity contribution < 1.29 is 4.39 Å². The molecule has 0 amide bonds. The average molecular weight is 358 g/mol. The monoisotopic (exact) mass is 357 g/mol. The highest BCUT2D eigenvalue weighted by Crippen LogP contribution is 2.26. The predicted octanol–water partition coefficient (Wildman–Crippen LogP) is 6.38. The molecule has 0 saturated carbocycles. The van der Waals surface area contributed by atoms with Gasteiger partial charge in [-0.2, -0.15) is 0 Å². The first kappa shape index (κ1) is 18.6. The molecule has 0 aliphatic rings. The summed E-state index contributed by atoms with van der Waals surface area (Å²) in [6.45, 7) is 5.19. The Hall–Kier alpha value is -0.410. The maximum Gasteiger partial charge on any atom is 0.128 e. The second kappa shape index (κ2) is 11.2. The molecule has 1 nitrogen and oxygen atoms in total. The number of rotatable bonds is 11. The molecule has 1 atom stereocenters. The van der Waals surface area contributed by atoms with Crippen molar-refractivity contribution in [3.8, 4) is 0 Å². The van der Waals surface area contributed by atoms with Crippen LogP contribution in [0.3, 0.4) is 0 Å². The summed E-state index contributed by atoms with van der Waals surface area (Å²) in [5, 5.41) is 3.42. The Kier molecular flexibility index (Phi) is 9.94. The van der Waals surface area contributed by atoms with Crippen LogP contribution in [-0.4, -0.2) is 6.54 Å². The van der Waals surface area contributed by atoms with Crippen molar-refractivity contribution >= 4 is 15.9 Å². The maximum absolute atomic E-state index is 14.0. The Labute approximate surface area is 137 Å². The van der Waals surface area contributed by atoms with Gasteiger partial charge in [0.25, 0.3) is 0 Å². The second-order valence-corrected chi connectivity index (χ2v) is 6.60. The summed E-state index contributed by atoms with van der Waals surface area (Å²) in [6, 6.07) is 5.34. The number of halogens is 2. The lowest BCUT2D eigenvalue weighted by molar-refractivity contribution is 0.457. The molecular formula is C18H29BrFN. The van der Waals surface area contributed by atoms with E-state index in [0.717, 1.165) is 29.4 Å². The van der Waals surface area contributed by atoms with E-state index >= 15 is 0 Å². The van der Waals surface area contributed by atoms with Crippen LogP contribution in [0.2, 0.25) is 0 Å². The molecule has 0 spiro atoms. The summed E-state index contributed by atoms with van der Waals surface area (Å²) in [6.07, 6.45) is 10.1. The second-order valence-electron chi connectivity index (χ2n) is 5.69. The van der Waals surface area contributed by atoms with Gasteiger partial charge in [-0.05, 0) is 31.2 Å². The van der Waals surface area contributed by atoms with Crippen molar-refractivity contribution in [3.63, 3.8) is 0 Å². The van der Waals surface area contributed by atoms with Crippen molar-refractivity contribution in [1.29, 1.82) is 0 Å². The Morgan fingerprint density at radius 3 is 2.38 bits per heavy atom. The highest BCUT2D eigenvalue weighted by Gasteiger charge is 2.14. The van der Waals surface area contributed by atoms with Gasteiger partial charge in [-0.1, -0.05) is 74.7 Å². The zero-order valence-electron chi connectivity index (χ0n) is 13.4. The van der Waals surface area contributed by atoms with Gasteiger partial charge in [-0.25, -0.2) is 4.39 Å². The van der Waals surface area contributed by atoms with E-state index in [1.165, 1.54) is 38.5 Å². The lowest BCUT2D eigenvalue weighted by atomic mass is 9.99. The summed E-state index contributed by atoms with van der Waals surface area (Å²) in [7, 11) is 0. The molecule has 0 bridgehead atoms. The van der Waals surface area contributed by atoms with E-state index in [9.17, 15) is 4.39 Å². The van der Waals surface area contributed by atoms with Crippen LogP contribution >= 0.6 is 15.9 Å². The third kappa shape index (κ3) is 7.42. The molecule has 0 aromatic heterocycles. The number of hydrogen-bond donors (Lipinski definition) is 1.